The van der Waals surface area contributed by atoms with Crippen LogP contribution in [0.2, 0.25) is 0 Å². The van der Waals surface area contributed by atoms with Gasteiger partial charge in [0.05, 0.1) is 19.9 Å². The molecule has 2 N–H and O–H groups in total. The Bertz CT molecular complexity index is 690. The topological polar surface area (TPSA) is 51.8 Å². The Morgan fingerprint density at radius 3 is 2.83 bits per heavy atom. The molecule has 0 amide bonds. The van der Waals surface area contributed by atoms with Gasteiger partial charge in [0.15, 0.2) is 0 Å². The molecule has 0 aliphatic rings. The van der Waals surface area contributed by atoms with Gasteiger partial charge in [0.1, 0.15) is 10.8 Å². The smallest absolute Gasteiger partial charge is 0.133 e. The molecule has 0 aliphatic carbocycles. The van der Waals surface area contributed by atoms with Gasteiger partial charge < -0.3 is 5.73 Å². The van der Waals surface area contributed by atoms with Crippen LogP contribution in [0.3, 0.4) is 0 Å². The average Bonchev–Trinajstić information content (AvgIpc) is 2.98. The van der Waals surface area contributed by atoms with Gasteiger partial charge in [0.25, 0.3) is 0 Å². The third-order valence-corrected chi connectivity index (χ3v) is 4.92. The molecular formula is C12H8BrN3S2. The van der Waals surface area contributed by atoms with E-state index < -0.39 is 0 Å². The average molecular weight is 338 g/mol. The molecule has 90 valence electrons. The van der Waals surface area contributed by atoms with Crippen LogP contribution in [0, 0.1) is 0 Å². The van der Waals surface area contributed by atoms with Gasteiger partial charge in [0, 0.05) is 11.6 Å². The Morgan fingerprint density at radius 1 is 1.22 bits per heavy atom. The van der Waals surface area contributed by atoms with Crippen LogP contribution in [0.15, 0.2) is 39.6 Å². The first-order chi connectivity index (χ1) is 8.74. The number of nitrogens with zero attached hydrogens (tertiary/aromatic N) is 2. The lowest BCUT2D eigenvalue weighted by atomic mass is 10.2. The van der Waals surface area contributed by atoms with Crippen LogP contribution < -0.4 is 5.73 Å². The largest absolute Gasteiger partial charge is 0.383 e. The molecule has 0 aromatic carbocycles. The van der Waals surface area contributed by atoms with E-state index >= 15 is 0 Å². The van der Waals surface area contributed by atoms with Crippen molar-refractivity contribution in [3.8, 4) is 21.1 Å². The van der Waals surface area contributed by atoms with Crippen LogP contribution in [0.1, 0.15) is 0 Å². The molecule has 0 saturated carbocycles. The van der Waals surface area contributed by atoms with E-state index in [0.717, 1.165) is 24.9 Å². The highest BCUT2D eigenvalue weighted by Crippen LogP contribution is 2.35. The zero-order valence-corrected chi connectivity index (χ0v) is 12.3. The molecule has 3 aromatic rings. The normalized spacial score (nSPS) is 10.7. The maximum absolute atomic E-state index is 5.86. The Hall–Kier alpha value is -1.24. The summed E-state index contributed by atoms with van der Waals surface area (Å²) in [5.41, 5.74) is 7.73. The van der Waals surface area contributed by atoms with Crippen molar-refractivity contribution in [2.24, 2.45) is 0 Å². The minimum absolute atomic E-state index is 0.519. The number of halogens is 1. The molecule has 0 radical (unpaired) electrons. The van der Waals surface area contributed by atoms with E-state index in [4.69, 9.17) is 5.73 Å². The number of anilines is 1. The fourth-order valence-corrected chi connectivity index (χ4v) is 3.84. The third-order valence-electron chi connectivity index (χ3n) is 2.40. The van der Waals surface area contributed by atoms with Crippen LogP contribution in [0.25, 0.3) is 21.1 Å². The Labute approximate surface area is 120 Å². The van der Waals surface area contributed by atoms with Crippen LogP contribution >= 0.6 is 38.6 Å². The van der Waals surface area contributed by atoms with Gasteiger partial charge in [-0.15, -0.1) is 22.7 Å². The van der Waals surface area contributed by atoms with Crippen LogP contribution in [-0.2, 0) is 0 Å². The molecule has 3 heterocycles. The van der Waals surface area contributed by atoms with Crippen LogP contribution in [-0.4, -0.2) is 9.97 Å². The van der Waals surface area contributed by atoms with Crippen molar-refractivity contribution in [3.63, 3.8) is 0 Å². The first-order valence-corrected chi connectivity index (χ1v) is 7.65. The van der Waals surface area contributed by atoms with Crippen LogP contribution in [0.4, 0.5) is 5.82 Å². The lowest BCUT2D eigenvalue weighted by Gasteiger charge is -1.98. The van der Waals surface area contributed by atoms with Crippen molar-refractivity contribution in [2.75, 3.05) is 5.73 Å². The monoisotopic (exact) mass is 337 g/mol. The highest BCUT2D eigenvalue weighted by Gasteiger charge is 2.10. The zero-order valence-electron chi connectivity index (χ0n) is 9.13. The van der Waals surface area contributed by atoms with Gasteiger partial charge in [0.2, 0.25) is 0 Å². The van der Waals surface area contributed by atoms with Gasteiger partial charge in [-0.3, -0.25) is 0 Å². The molecule has 3 nitrogen and oxygen atoms in total. The molecule has 0 spiro atoms. The van der Waals surface area contributed by atoms with Crippen molar-refractivity contribution in [1.29, 1.82) is 0 Å². The van der Waals surface area contributed by atoms with E-state index in [9.17, 15) is 0 Å². The summed E-state index contributed by atoms with van der Waals surface area (Å²) in [5, 5.41) is 2.94. The Morgan fingerprint density at radius 2 is 2.11 bits per heavy atom. The first kappa shape index (κ1) is 11.8. The molecule has 0 bridgehead atoms. The molecule has 18 heavy (non-hydrogen) atoms. The number of hydrogen-bond donors (Lipinski definition) is 1. The predicted molar refractivity (Wildman–Crippen MR) is 80.8 cm³/mol. The zero-order chi connectivity index (χ0) is 12.5. The summed E-state index contributed by atoms with van der Waals surface area (Å²) >= 11 is 6.71. The summed E-state index contributed by atoms with van der Waals surface area (Å²) < 4.78 is 1.10. The van der Waals surface area contributed by atoms with Crippen molar-refractivity contribution >= 4 is 44.4 Å². The van der Waals surface area contributed by atoms with Crippen molar-refractivity contribution < 1.29 is 0 Å². The second-order valence-corrected chi connectivity index (χ2v) is 6.90. The summed E-state index contributed by atoms with van der Waals surface area (Å²) in [6.45, 7) is 0. The molecular weight excluding hydrogens is 330 g/mol. The highest BCUT2D eigenvalue weighted by atomic mass is 79.9. The minimum Gasteiger partial charge on any atom is -0.383 e. The number of aromatic nitrogens is 2. The van der Waals surface area contributed by atoms with E-state index in [1.165, 1.54) is 0 Å². The lowest BCUT2D eigenvalue weighted by molar-refractivity contribution is 1.32. The fourth-order valence-electron chi connectivity index (χ4n) is 1.56. The summed E-state index contributed by atoms with van der Waals surface area (Å²) in [7, 11) is 0. The molecule has 0 saturated heterocycles. The first-order valence-electron chi connectivity index (χ1n) is 5.16. The Kier molecular flexibility index (Phi) is 3.15. The molecule has 3 aromatic heterocycles. The van der Waals surface area contributed by atoms with E-state index in [0.29, 0.717) is 5.82 Å². The fraction of sp³-hybridized carbons (Fsp3) is 0. The third kappa shape index (κ3) is 2.19. The molecule has 0 unspecified atom stereocenters. The second-order valence-electron chi connectivity index (χ2n) is 3.58. The maximum atomic E-state index is 5.86. The number of thiophene rings is 1. The standard InChI is InChI=1S/C12H8BrN3S2/c13-10-4-3-9(18-10)8-6-17-12(16-8)7-2-1-5-15-11(7)14/h1-6H,(H2,14,15). The van der Waals surface area contributed by atoms with E-state index in [2.05, 4.69) is 32.0 Å². The second kappa shape index (κ2) is 4.79. The number of nitrogen functional groups attached to an aromatic ring is 1. The number of nitrogens with two attached hydrogens (primary N) is 1. The van der Waals surface area contributed by atoms with Crippen LogP contribution in [0.5, 0.6) is 0 Å². The SMILES string of the molecule is Nc1ncccc1-c1nc(-c2ccc(Br)s2)cs1. The van der Waals surface area contributed by atoms with Crippen molar-refractivity contribution in [3.05, 3.63) is 39.6 Å². The molecule has 3 rings (SSSR count). The summed E-state index contributed by atoms with van der Waals surface area (Å²) in [6, 6.07) is 7.89. The molecule has 0 atom stereocenters. The van der Waals surface area contributed by atoms with E-state index in [1.807, 2.05) is 23.6 Å². The molecule has 6 heteroatoms. The van der Waals surface area contributed by atoms with Gasteiger partial charge in [-0.05, 0) is 40.2 Å². The maximum Gasteiger partial charge on any atom is 0.133 e. The number of pyridine rings is 1. The van der Waals surface area contributed by atoms with Crippen molar-refractivity contribution in [1.82, 2.24) is 9.97 Å². The number of hydrogen-bond acceptors (Lipinski definition) is 5. The van der Waals surface area contributed by atoms with E-state index in [-0.39, 0.29) is 0 Å². The molecule has 0 fully saturated rings. The van der Waals surface area contributed by atoms with Gasteiger partial charge in [-0.25, -0.2) is 9.97 Å². The Balaban J connectivity index is 2.02. The van der Waals surface area contributed by atoms with Gasteiger partial charge >= 0.3 is 0 Å². The van der Waals surface area contributed by atoms with Gasteiger partial charge in [-0.1, -0.05) is 0 Å². The summed E-state index contributed by atoms with van der Waals surface area (Å²) in [6.07, 6.45) is 1.68. The summed E-state index contributed by atoms with van der Waals surface area (Å²) in [5.74, 6) is 0.519. The highest BCUT2D eigenvalue weighted by molar-refractivity contribution is 9.11. The molecule has 0 aliphatic heterocycles. The van der Waals surface area contributed by atoms with E-state index in [1.54, 1.807) is 28.9 Å². The lowest BCUT2D eigenvalue weighted by Crippen LogP contribution is -1.92. The quantitative estimate of drug-likeness (QED) is 0.759. The number of rotatable bonds is 2. The minimum atomic E-state index is 0.519. The predicted octanol–water partition coefficient (Wildman–Crippen LogP) is 4.28. The van der Waals surface area contributed by atoms with Gasteiger partial charge in [-0.2, -0.15) is 0 Å². The van der Waals surface area contributed by atoms with Crippen molar-refractivity contribution in [2.45, 2.75) is 0 Å². The number of thiazole rings is 1. The summed E-state index contributed by atoms with van der Waals surface area (Å²) in [4.78, 5) is 9.84.